The molecule has 0 heterocycles. The van der Waals surface area contributed by atoms with Crippen LogP contribution in [0.2, 0.25) is 0 Å². The topological polar surface area (TPSA) is 35.2 Å². The number of nitrogen functional groups attached to an aromatic ring is 1. The molecule has 20 heavy (non-hydrogen) atoms. The van der Waals surface area contributed by atoms with Gasteiger partial charge < -0.3 is 10.5 Å². The van der Waals surface area contributed by atoms with Crippen molar-refractivity contribution in [1.82, 2.24) is 0 Å². The van der Waals surface area contributed by atoms with Crippen molar-refractivity contribution in [3.8, 4) is 11.5 Å². The SMILES string of the molecule is Nc1cc(C(F)(F)F)ccc1Oc1cc(F)ccc1Br. The van der Waals surface area contributed by atoms with Crippen molar-refractivity contribution < 1.29 is 22.3 Å². The van der Waals surface area contributed by atoms with Gasteiger partial charge in [-0.3, -0.25) is 0 Å². The summed E-state index contributed by atoms with van der Waals surface area (Å²) < 4.78 is 56.3. The van der Waals surface area contributed by atoms with E-state index in [1.807, 2.05) is 0 Å². The Hall–Kier alpha value is -1.76. The molecule has 0 saturated carbocycles. The largest absolute Gasteiger partial charge is 0.454 e. The first kappa shape index (κ1) is 14.6. The highest BCUT2D eigenvalue weighted by Gasteiger charge is 2.31. The fraction of sp³-hybridized carbons (Fsp3) is 0.0769. The molecule has 0 bridgehead atoms. The van der Waals surface area contributed by atoms with E-state index in [-0.39, 0.29) is 17.2 Å². The second kappa shape index (κ2) is 5.32. The first-order valence-corrected chi connectivity index (χ1v) is 6.16. The number of hydrogen-bond acceptors (Lipinski definition) is 2. The van der Waals surface area contributed by atoms with Crippen LogP contribution in [-0.4, -0.2) is 0 Å². The van der Waals surface area contributed by atoms with E-state index in [2.05, 4.69) is 15.9 Å². The molecule has 0 saturated heterocycles. The van der Waals surface area contributed by atoms with Gasteiger partial charge in [-0.2, -0.15) is 13.2 Å². The van der Waals surface area contributed by atoms with Crippen LogP contribution in [0.25, 0.3) is 0 Å². The van der Waals surface area contributed by atoms with Gasteiger partial charge in [0.25, 0.3) is 0 Å². The van der Waals surface area contributed by atoms with Gasteiger partial charge in [0.05, 0.1) is 15.7 Å². The highest BCUT2D eigenvalue weighted by molar-refractivity contribution is 9.10. The summed E-state index contributed by atoms with van der Waals surface area (Å²) in [6.45, 7) is 0. The molecule has 0 aromatic heterocycles. The first-order valence-electron chi connectivity index (χ1n) is 5.37. The molecule has 0 atom stereocenters. The van der Waals surface area contributed by atoms with E-state index in [0.717, 1.165) is 24.3 Å². The van der Waals surface area contributed by atoms with Crippen molar-refractivity contribution in [2.75, 3.05) is 5.73 Å². The van der Waals surface area contributed by atoms with E-state index in [0.29, 0.717) is 4.47 Å². The molecule has 2 aromatic carbocycles. The Morgan fingerprint density at radius 1 is 1.00 bits per heavy atom. The summed E-state index contributed by atoms with van der Waals surface area (Å²) in [6.07, 6.45) is -4.48. The van der Waals surface area contributed by atoms with Gasteiger partial charge in [-0.25, -0.2) is 4.39 Å². The third kappa shape index (κ3) is 3.22. The molecule has 0 unspecified atom stereocenters. The molecule has 0 fully saturated rings. The van der Waals surface area contributed by atoms with Crippen molar-refractivity contribution in [2.45, 2.75) is 6.18 Å². The van der Waals surface area contributed by atoms with Gasteiger partial charge in [-0.15, -0.1) is 0 Å². The normalized spacial score (nSPS) is 11.4. The van der Waals surface area contributed by atoms with Gasteiger partial charge in [0.1, 0.15) is 17.3 Å². The molecular weight excluding hydrogens is 342 g/mol. The van der Waals surface area contributed by atoms with Crippen molar-refractivity contribution in [3.05, 3.63) is 52.3 Å². The molecule has 7 heteroatoms. The number of anilines is 1. The Bertz CT molecular complexity index is 643. The molecule has 0 radical (unpaired) electrons. The average molecular weight is 350 g/mol. The summed E-state index contributed by atoms with van der Waals surface area (Å²) in [4.78, 5) is 0. The third-order valence-electron chi connectivity index (χ3n) is 2.45. The summed E-state index contributed by atoms with van der Waals surface area (Å²) in [5, 5.41) is 0. The quantitative estimate of drug-likeness (QED) is 0.612. The molecule has 0 aliphatic rings. The molecule has 2 rings (SSSR count). The van der Waals surface area contributed by atoms with Gasteiger partial charge >= 0.3 is 6.18 Å². The minimum Gasteiger partial charge on any atom is -0.454 e. The summed E-state index contributed by atoms with van der Waals surface area (Å²) in [5.74, 6) is -0.394. The summed E-state index contributed by atoms with van der Waals surface area (Å²) in [5.41, 5.74) is 4.46. The fourth-order valence-corrected chi connectivity index (χ4v) is 1.82. The van der Waals surface area contributed by atoms with Gasteiger partial charge in [0.15, 0.2) is 0 Å². The Morgan fingerprint density at radius 3 is 2.30 bits per heavy atom. The van der Waals surface area contributed by atoms with Gasteiger partial charge in [0, 0.05) is 6.07 Å². The lowest BCUT2D eigenvalue weighted by Gasteiger charge is -2.12. The average Bonchev–Trinajstić information content (AvgIpc) is 2.35. The highest BCUT2D eigenvalue weighted by atomic mass is 79.9. The standard InChI is InChI=1S/C13H8BrF4NO/c14-9-3-2-8(15)6-12(9)20-11-4-1-7(5-10(11)19)13(16,17)18/h1-6H,19H2. The number of alkyl halides is 3. The predicted molar refractivity (Wildman–Crippen MR) is 70.0 cm³/mol. The molecule has 0 amide bonds. The molecule has 0 aliphatic heterocycles. The van der Waals surface area contributed by atoms with Crippen LogP contribution in [0.5, 0.6) is 11.5 Å². The maximum absolute atomic E-state index is 13.1. The van der Waals surface area contributed by atoms with Gasteiger partial charge in [-0.05, 0) is 46.3 Å². The maximum atomic E-state index is 13.1. The maximum Gasteiger partial charge on any atom is 0.416 e. The van der Waals surface area contributed by atoms with Crippen LogP contribution < -0.4 is 10.5 Å². The number of hydrogen-bond donors (Lipinski definition) is 1. The Labute approximate surface area is 120 Å². The third-order valence-corrected chi connectivity index (χ3v) is 3.11. The number of halogens is 5. The number of ether oxygens (including phenoxy) is 1. The minimum atomic E-state index is -4.48. The zero-order valence-electron chi connectivity index (χ0n) is 9.84. The molecule has 0 spiro atoms. The van der Waals surface area contributed by atoms with E-state index < -0.39 is 17.6 Å². The Morgan fingerprint density at radius 2 is 1.70 bits per heavy atom. The van der Waals surface area contributed by atoms with Crippen LogP contribution in [-0.2, 0) is 6.18 Å². The monoisotopic (exact) mass is 349 g/mol. The van der Waals surface area contributed by atoms with Crippen molar-refractivity contribution in [3.63, 3.8) is 0 Å². The van der Waals surface area contributed by atoms with Crippen molar-refractivity contribution in [1.29, 1.82) is 0 Å². The van der Waals surface area contributed by atoms with Crippen LogP contribution in [0.15, 0.2) is 40.9 Å². The van der Waals surface area contributed by atoms with Gasteiger partial charge in [-0.1, -0.05) is 0 Å². The second-order valence-corrected chi connectivity index (χ2v) is 4.78. The van der Waals surface area contributed by atoms with Gasteiger partial charge in [0.2, 0.25) is 0 Å². The van der Waals surface area contributed by atoms with Crippen LogP contribution in [0, 0.1) is 5.82 Å². The first-order chi connectivity index (χ1) is 9.27. The van der Waals surface area contributed by atoms with Crippen LogP contribution >= 0.6 is 15.9 Å². The van der Waals surface area contributed by atoms with Crippen molar-refractivity contribution in [2.24, 2.45) is 0 Å². The van der Waals surface area contributed by atoms with Crippen LogP contribution in [0.1, 0.15) is 5.56 Å². The summed E-state index contributed by atoms with van der Waals surface area (Å²) >= 11 is 3.15. The lowest BCUT2D eigenvalue weighted by atomic mass is 10.2. The zero-order valence-corrected chi connectivity index (χ0v) is 11.4. The summed E-state index contributed by atoms with van der Waals surface area (Å²) in [7, 11) is 0. The fourth-order valence-electron chi connectivity index (χ4n) is 1.49. The van der Waals surface area contributed by atoms with E-state index in [9.17, 15) is 17.6 Å². The number of rotatable bonds is 2. The molecule has 106 valence electrons. The van der Waals surface area contributed by atoms with E-state index in [4.69, 9.17) is 10.5 Å². The lowest BCUT2D eigenvalue weighted by Crippen LogP contribution is -2.06. The van der Waals surface area contributed by atoms with E-state index in [1.54, 1.807) is 0 Å². The van der Waals surface area contributed by atoms with Crippen LogP contribution in [0.3, 0.4) is 0 Å². The smallest absolute Gasteiger partial charge is 0.416 e. The van der Waals surface area contributed by atoms with E-state index in [1.165, 1.54) is 12.1 Å². The van der Waals surface area contributed by atoms with Crippen molar-refractivity contribution >= 4 is 21.6 Å². The molecule has 2 nitrogen and oxygen atoms in total. The lowest BCUT2D eigenvalue weighted by molar-refractivity contribution is -0.137. The Balaban J connectivity index is 2.33. The number of benzene rings is 2. The second-order valence-electron chi connectivity index (χ2n) is 3.93. The summed E-state index contributed by atoms with van der Waals surface area (Å²) in [6, 6.07) is 6.44. The molecule has 2 N–H and O–H groups in total. The zero-order chi connectivity index (χ0) is 14.9. The molecule has 0 aliphatic carbocycles. The van der Waals surface area contributed by atoms with Crippen LogP contribution in [0.4, 0.5) is 23.2 Å². The molecular formula is C13H8BrF4NO. The minimum absolute atomic E-state index is 0.0179. The molecule has 2 aromatic rings. The number of nitrogens with two attached hydrogens (primary N) is 1. The van der Waals surface area contributed by atoms with E-state index >= 15 is 0 Å². The predicted octanol–water partition coefficient (Wildman–Crippen LogP) is 4.98. The highest BCUT2D eigenvalue weighted by Crippen LogP contribution is 2.37. The Kier molecular flexibility index (Phi) is 3.89.